The molecule has 5 nitrogen and oxygen atoms in total. The van der Waals surface area contributed by atoms with Gasteiger partial charge in [0.05, 0.1) is 28.8 Å². The second-order valence-corrected chi connectivity index (χ2v) is 8.06. The van der Waals surface area contributed by atoms with Gasteiger partial charge in [-0.25, -0.2) is 8.42 Å². The second-order valence-electron chi connectivity index (χ2n) is 5.20. The maximum atomic E-state index is 11.9. The summed E-state index contributed by atoms with van der Waals surface area (Å²) in [5.41, 5.74) is 0.533. The summed E-state index contributed by atoms with van der Waals surface area (Å²) >= 11 is 0. The molecule has 0 bridgehead atoms. The summed E-state index contributed by atoms with van der Waals surface area (Å²) < 4.78 is 24.6. The van der Waals surface area contributed by atoms with Gasteiger partial charge in [-0.2, -0.15) is 5.10 Å². The summed E-state index contributed by atoms with van der Waals surface area (Å²) in [7, 11) is -3.16. The van der Waals surface area contributed by atoms with Gasteiger partial charge in [0.1, 0.15) is 0 Å². The highest BCUT2D eigenvalue weighted by Gasteiger charge is 2.28. The Morgan fingerprint density at radius 1 is 1.39 bits per heavy atom. The van der Waals surface area contributed by atoms with Crippen LogP contribution in [-0.2, 0) is 16.4 Å². The Hall–Kier alpha value is -1.17. The van der Waals surface area contributed by atoms with E-state index in [2.05, 4.69) is 5.10 Å². The third-order valence-electron chi connectivity index (χ3n) is 2.80. The van der Waals surface area contributed by atoms with Crippen LogP contribution in [0.3, 0.4) is 0 Å². The molecule has 0 fully saturated rings. The van der Waals surface area contributed by atoms with E-state index < -0.39 is 14.6 Å². The Balaban J connectivity index is 2.71. The predicted octanol–water partition coefficient (Wildman–Crippen LogP) is 1.69. The minimum atomic E-state index is -3.16. The molecule has 1 aromatic heterocycles. The lowest BCUT2D eigenvalue weighted by Crippen LogP contribution is -2.32. The van der Waals surface area contributed by atoms with Crippen LogP contribution in [0.5, 0.6) is 0 Å². The largest absolute Gasteiger partial charge is 0.294 e. The van der Waals surface area contributed by atoms with Gasteiger partial charge >= 0.3 is 0 Å². The number of ketones is 1. The number of aromatic nitrogens is 2. The lowest BCUT2D eigenvalue weighted by molar-refractivity contribution is 0.0988. The molecule has 0 atom stereocenters. The zero-order chi connectivity index (χ0) is 14.0. The molecule has 1 rings (SSSR count). The molecular weight excluding hydrogens is 252 g/mol. The molecule has 0 aromatic carbocycles. The van der Waals surface area contributed by atoms with Crippen LogP contribution in [0.1, 0.15) is 44.5 Å². The van der Waals surface area contributed by atoms with E-state index in [-0.39, 0.29) is 18.1 Å². The molecule has 6 heteroatoms. The molecule has 1 aromatic rings. The van der Waals surface area contributed by atoms with Crippen LogP contribution in [-0.4, -0.2) is 34.5 Å². The van der Waals surface area contributed by atoms with E-state index in [9.17, 15) is 13.2 Å². The summed E-state index contributed by atoms with van der Waals surface area (Å²) in [6.45, 7) is 7.09. The van der Waals surface area contributed by atoms with Gasteiger partial charge in [-0.3, -0.25) is 9.48 Å². The van der Waals surface area contributed by atoms with Crippen LogP contribution in [0, 0.1) is 0 Å². The van der Waals surface area contributed by atoms with Gasteiger partial charge in [0.15, 0.2) is 15.6 Å². The lowest BCUT2D eigenvalue weighted by Gasteiger charge is -2.18. The molecule has 0 amide bonds. The number of carbonyl (C=O) groups excluding carboxylic acids is 1. The molecular formula is C12H20N2O3S. The highest BCUT2D eigenvalue weighted by Crippen LogP contribution is 2.16. The Bertz CT molecular complexity index is 524. The topological polar surface area (TPSA) is 69.0 Å². The molecule has 0 unspecified atom stereocenters. The first-order chi connectivity index (χ1) is 8.17. The number of Topliss-reactive ketones (excluding diaryl/α,β-unsaturated/α-hetero) is 1. The second kappa shape index (κ2) is 5.22. The Morgan fingerprint density at radius 2 is 2.00 bits per heavy atom. The molecule has 18 heavy (non-hydrogen) atoms. The van der Waals surface area contributed by atoms with E-state index in [1.165, 1.54) is 10.9 Å². The fourth-order valence-corrected chi connectivity index (χ4v) is 2.39. The number of aryl methyl sites for hydroxylation is 1. The number of sulfone groups is 1. The molecule has 0 radical (unpaired) electrons. The van der Waals surface area contributed by atoms with Crippen molar-refractivity contribution >= 4 is 15.6 Å². The van der Waals surface area contributed by atoms with E-state index in [0.717, 1.165) is 0 Å². The molecule has 102 valence electrons. The van der Waals surface area contributed by atoms with Crippen LogP contribution in [0.25, 0.3) is 0 Å². The van der Waals surface area contributed by atoms with Crippen molar-refractivity contribution in [2.24, 2.45) is 0 Å². The SMILES string of the molecule is CCC(=O)c1cnn(CCS(=O)(=O)C(C)(C)C)c1. The summed E-state index contributed by atoms with van der Waals surface area (Å²) in [5, 5.41) is 4.00. The number of carbonyl (C=O) groups is 1. The van der Waals surface area contributed by atoms with Crippen molar-refractivity contribution < 1.29 is 13.2 Å². The molecule has 0 aliphatic rings. The third-order valence-corrected chi connectivity index (χ3v) is 5.38. The average Bonchev–Trinajstić information content (AvgIpc) is 2.72. The molecule has 0 aliphatic heterocycles. The van der Waals surface area contributed by atoms with Crippen LogP contribution in [0.4, 0.5) is 0 Å². The van der Waals surface area contributed by atoms with Gasteiger partial charge in [0, 0.05) is 12.6 Å². The zero-order valence-electron chi connectivity index (χ0n) is 11.3. The van der Waals surface area contributed by atoms with Crippen molar-refractivity contribution in [3.63, 3.8) is 0 Å². The van der Waals surface area contributed by atoms with E-state index in [1.54, 1.807) is 33.9 Å². The number of rotatable bonds is 5. The molecule has 1 heterocycles. The monoisotopic (exact) mass is 272 g/mol. The normalized spacial score (nSPS) is 12.7. The van der Waals surface area contributed by atoms with E-state index >= 15 is 0 Å². The van der Waals surface area contributed by atoms with Gasteiger partial charge in [-0.05, 0) is 20.8 Å². The lowest BCUT2D eigenvalue weighted by atomic mass is 10.2. The van der Waals surface area contributed by atoms with E-state index in [0.29, 0.717) is 12.0 Å². The minimum absolute atomic E-state index is 0.0138. The highest BCUT2D eigenvalue weighted by atomic mass is 32.2. The van der Waals surface area contributed by atoms with Gasteiger partial charge in [0.25, 0.3) is 0 Å². The summed E-state index contributed by atoms with van der Waals surface area (Å²) in [6, 6.07) is 0. The maximum Gasteiger partial charge on any atom is 0.165 e. The van der Waals surface area contributed by atoms with Crippen LogP contribution in [0.2, 0.25) is 0 Å². The Kier molecular flexibility index (Phi) is 4.32. The first kappa shape index (κ1) is 14.9. The van der Waals surface area contributed by atoms with Crippen molar-refractivity contribution in [2.75, 3.05) is 5.75 Å². The van der Waals surface area contributed by atoms with Crippen molar-refractivity contribution in [3.8, 4) is 0 Å². The quantitative estimate of drug-likeness (QED) is 0.765. The first-order valence-corrected chi connectivity index (χ1v) is 7.60. The number of hydrogen-bond acceptors (Lipinski definition) is 4. The van der Waals surface area contributed by atoms with Gasteiger partial charge < -0.3 is 0 Å². The van der Waals surface area contributed by atoms with Gasteiger partial charge in [-0.15, -0.1) is 0 Å². The van der Waals surface area contributed by atoms with Crippen LogP contribution >= 0.6 is 0 Å². The maximum absolute atomic E-state index is 11.9. The smallest absolute Gasteiger partial charge is 0.165 e. The third kappa shape index (κ3) is 3.41. The van der Waals surface area contributed by atoms with Crippen molar-refractivity contribution in [1.29, 1.82) is 0 Å². The summed E-state index contributed by atoms with van der Waals surface area (Å²) in [6.07, 6.45) is 3.51. The van der Waals surface area contributed by atoms with E-state index in [4.69, 9.17) is 0 Å². The van der Waals surface area contributed by atoms with Crippen molar-refractivity contribution in [1.82, 2.24) is 9.78 Å². The molecule has 0 spiro atoms. The zero-order valence-corrected chi connectivity index (χ0v) is 12.1. The molecule has 0 saturated carbocycles. The van der Waals surface area contributed by atoms with Gasteiger partial charge in [0.2, 0.25) is 0 Å². The standard InChI is InChI=1S/C12H20N2O3S/c1-5-11(15)10-8-13-14(9-10)6-7-18(16,17)12(2,3)4/h8-9H,5-7H2,1-4H3. The first-order valence-electron chi connectivity index (χ1n) is 5.95. The summed E-state index contributed by atoms with van der Waals surface area (Å²) in [5.74, 6) is 0.0396. The fourth-order valence-electron chi connectivity index (χ4n) is 1.35. The molecule has 0 saturated heterocycles. The highest BCUT2D eigenvalue weighted by molar-refractivity contribution is 7.92. The molecule has 0 N–H and O–H groups in total. The van der Waals surface area contributed by atoms with Crippen LogP contribution < -0.4 is 0 Å². The minimum Gasteiger partial charge on any atom is -0.294 e. The van der Waals surface area contributed by atoms with Crippen molar-refractivity contribution in [3.05, 3.63) is 18.0 Å². The average molecular weight is 272 g/mol. The number of nitrogens with zero attached hydrogens (tertiary/aromatic N) is 2. The fraction of sp³-hybridized carbons (Fsp3) is 0.667. The van der Waals surface area contributed by atoms with E-state index in [1.807, 2.05) is 0 Å². The van der Waals surface area contributed by atoms with Crippen LogP contribution in [0.15, 0.2) is 12.4 Å². The Morgan fingerprint density at radius 3 is 2.50 bits per heavy atom. The number of hydrogen-bond donors (Lipinski definition) is 0. The predicted molar refractivity (Wildman–Crippen MR) is 70.4 cm³/mol. The summed E-state index contributed by atoms with van der Waals surface area (Å²) in [4.78, 5) is 11.4. The Labute approximate surface area is 108 Å². The molecule has 0 aliphatic carbocycles. The van der Waals surface area contributed by atoms with Crippen molar-refractivity contribution in [2.45, 2.75) is 45.4 Å². The van der Waals surface area contributed by atoms with Gasteiger partial charge in [-0.1, -0.05) is 6.92 Å².